The molecule has 1 aromatic rings. The molecule has 0 saturated carbocycles. The standard InChI is InChI=1S/C14H20BNO/c15-11-3-1-10(2-4-11)9-16-12-5-6-13(16)8-14(17)7-12/h1-4,12-14,17H,5-9,15H2. The van der Waals surface area contributed by atoms with Crippen LogP contribution in [-0.4, -0.2) is 36.0 Å². The molecule has 17 heavy (non-hydrogen) atoms. The molecule has 2 bridgehead atoms. The lowest BCUT2D eigenvalue weighted by molar-refractivity contribution is 0.0310. The summed E-state index contributed by atoms with van der Waals surface area (Å²) in [5.41, 5.74) is 2.73. The number of hydrogen-bond acceptors (Lipinski definition) is 2. The number of benzene rings is 1. The Bertz CT molecular complexity index is 378. The summed E-state index contributed by atoms with van der Waals surface area (Å²) < 4.78 is 0. The number of aliphatic hydroxyl groups is 1. The van der Waals surface area contributed by atoms with Crippen LogP contribution in [0.25, 0.3) is 0 Å². The molecule has 0 aromatic heterocycles. The highest BCUT2D eigenvalue weighted by Gasteiger charge is 2.39. The van der Waals surface area contributed by atoms with Crippen LogP contribution in [0.2, 0.25) is 0 Å². The molecule has 2 nitrogen and oxygen atoms in total. The number of nitrogens with zero attached hydrogens (tertiary/aromatic N) is 1. The zero-order chi connectivity index (χ0) is 11.8. The van der Waals surface area contributed by atoms with Gasteiger partial charge in [-0.05, 0) is 31.2 Å². The summed E-state index contributed by atoms with van der Waals surface area (Å²) in [4.78, 5) is 2.61. The fourth-order valence-corrected chi connectivity index (χ4v) is 3.41. The van der Waals surface area contributed by atoms with Gasteiger partial charge in [0.2, 0.25) is 0 Å². The molecule has 0 amide bonds. The Morgan fingerprint density at radius 2 is 1.71 bits per heavy atom. The number of fused-ring (bicyclic) bond motifs is 2. The van der Waals surface area contributed by atoms with Crippen LogP contribution in [0.15, 0.2) is 24.3 Å². The molecule has 2 fully saturated rings. The Labute approximate surface area is 104 Å². The third kappa shape index (κ3) is 2.27. The van der Waals surface area contributed by atoms with E-state index in [2.05, 4.69) is 37.0 Å². The quantitative estimate of drug-likeness (QED) is 0.743. The Morgan fingerprint density at radius 3 is 2.29 bits per heavy atom. The highest BCUT2D eigenvalue weighted by atomic mass is 16.3. The number of rotatable bonds is 2. The van der Waals surface area contributed by atoms with Gasteiger partial charge in [0.15, 0.2) is 0 Å². The molecule has 2 aliphatic heterocycles. The lowest BCUT2D eigenvalue weighted by Gasteiger charge is -2.37. The predicted molar refractivity (Wildman–Crippen MR) is 72.2 cm³/mol. The summed E-state index contributed by atoms with van der Waals surface area (Å²) in [5.74, 6) is 0. The van der Waals surface area contributed by atoms with Crippen LogP contribution in [0.1, 0.15) is 31.2 Å². The molecule has 2 heterocycles. The van der Waals surface area contributed by atoms with Crippen LogP contribution in [0.3, 0.4) is 0 Å². The molecule has 0 aliphatic carbocycles. The van der Waals surface area contributed by atoms with Crippen LogP contribution in [0.4, 0.5) is 0 Å². The van der Waals surface area contributed by atoms with E-state index in [1.165, 1.54) is 23.9 Å². The molecule has 90 valence electrons. The van der Waals surface area contributed by atoms with Gasteiger partial charge in [0.1, 0.15) is 7.85 Å². The molecule has 3 rings (SSSR count). The monoisotopic (exact) mass is 229 g/mol. The van der Waals surface area contributed by atoms with Gasteiger partial charge in [-0.3, -0.25) is 4.90 Å². The molecule has 2 saturated heterocycles. The maximum atomic E-state index is 9.78. The minimum absolute atomic E-state index is 0.0539. The van der Waals surface area contributed by atoms with Crippen molar-refractivity contribution < 1.29 is 5.11 Å². The third-order valence-electron chi connectivity index (χ3n) is 4.35. The smallest absolute Gasteiger partial charge is 0.139 e. The van der Waals surface area contributed by atoms with Gasteiger partial charge in [0.05, 0.1) is 6.10 Å². The van der Waals surface area contributed by atoms with Gasteiger partial charge in [-0.1, -0.05) is 29.7 Å². The fourth-order valence-electron chi connectivity index (χ4n) is 3.41. The average molecular weight is 229 g/mol. The van der Waals surface area contributed by atoms with Crippen molar-refractivity contribution in [1.29, 1.82) is 0 Å². The van der Waals surface area contributed by atoms with Crippen LogP contribution in [0, 0.1) is 0 Å². The van der Waals surface area contributed by atoms with Crippen molar-refractivity contribution in [1.82, 2.24) is 4.90 Å². The van der Waals surface area contributed by atoms with E-state index in [4.69, 9.17) is 0 Å². The fraction of sp³-hybridized carbons (Fsp3) is 0.571. The first-order valence-electron chi connectivity index (χ1n) is 6.72. The Balaban J connectivity index is 1.72. The minimum atomic E-state index is -0.0539. The molecule has 2 aliphatic rings. The Hall–Kier alpha value is -0.795. The van der Waals surface area contributed by atoms with Gasteiger partial charge < -0.3 is 5.11 Å². The summed E-state index contributed by atoms with van der Waals surface area (Å²) in [7, 11) is 2.13. The highest BCUT2D eigenvalue weighted by molar-refractivity contribution is 6.32. The van der Waals surface area contributed by atoms with Crippen LogP contribution in [-0.2, 0) is 6.54 Å². The van der Waals surface area contributed by atoms with Crippen LogP contribution in [0.5, 0.6) is 0 Å². The molecule has 1 N–H and O–H groups in total. The molecular weight excluding hydrogens is 209 g/mol. The van der Waals surface area contributed by atoms with Gasteiger partial charge >= 0.3 is 0 Å². The molecule has 0 radical (unpaired) electrons. The normalized spacial score (nSPS) is 32.9. The van der Waals surface area contributed by atoms with Crippen molar-refractivity contribution in [3.05, 3.63) is 29.8 Å². The molecule has 0 spiro atoms. The zero-order valence-corrected chi connectivity index (χ0v) is 10.5. The third-order valence-corrected chi connectivity index (χ3v) is 4.35. The largest absolute Gasteiger partial charge is 0.393 e. The van der Waals surface area contributed by atoms with Crippen molar-refractivity contribution in [2.75, 3.05) is 0 Å². The number of aliphatic hydroxyl groups excluding tert-OH is 1. The first-order valence-corrected chi connectivity index (χ1v) is 6.72. The maximum Gasteiger partial charge on any atom is 0.139 e. The van der Waals surface area contributed by atoms with Crippen LogP contribution >= 0.6 is 0 Å². The van der Waals surface area contributed by atoms with E-state index >= 15 is 0 Å². The summed E-state index contributed by atoms with van der Waals surface area (Å²) in [6.07, 6.45) is 4.44. The van der Waals surface area contributed by atoms with E-state index in [0.717, 1.165) is 19.4 Å². The maximum absolute atomic E-state index is 9.78. The van der Waals surface area contributed by atoms with E-state index in [1.54, 1.807) is 0 Å². The summed E-state index contributed by atoms with van der Waals surface area (Å²) >= 11 is 0. The van der Waals surface area contributed by atoms with Gasteiger partial charge in [-0.2, -0.15) is 0 Å². The molecular formula is C14H20BNO. The molecule has 3 heteroatoms. The first kappa shape index (κ1) is 11.3. The molecule has 1 aromatic carbocycles. The van der Waals surface area contributed by atoms with Crippen molar-refractivity contribution in [3.8, 4) is 0 Å². The summed E-state index contributed by atoms with van der Waals surface area (Å²) in [5, 5.41) is 9.78. The topological polar surface area (TPSA) is 23.5 Å². The zero-order valence-electron chi connectivity index (χ0n) is 10.5. The average Bonchev–Trinajstić information content (AvgIpc) is 2.56. The van der Waals surface area contributed by atoms with Crippen molar-refractivity contribution in [3.63, 3.8) is 0 Å². The highest BCUT2D eigenvalue weighted by Crippen LogP contribution is 2.36. The second-order valence-electron chi connectivity index (χ2n) is 5.67. The molecule has 2 unspecified atom stereocenters. The summed E-state index contributed by atoms with van der Waals surface area (Å²) in [6.45, 7) is 1.06. The Kier molecular flexibility index (Phi) is 2.97. The SMILES string of the molecule is Bc1ccc(CN2C3CCC2CC(O)C3)cc1. The van der Waals surface area contributed by atoms with E-state index in [9.17, 15) is 5.11 Å². The van der Waals surface area contributed by atoms with E-state index in [-0.39, 0.29) is 6.10 Å². The summed E-state index contributed by atoms with van der Waals surface area (Å²) in [6, 6.07) is 10.1. The van der Waals surface area contributed by atoms with Crippen molar-refractivity contribution in [2.45, 2.75) is 50.4 Å². The van der Waals surface area contributed by atoms with Gasteiger partial charge in [-0.25, -0.2) is 0 Å². The van der Waals surface area contributed by atoms with Gasteiger partial charge in [-0.15, -0.1) is 0 Å². The number of piperidine rings is 1. The van der Waals surface area contributed by atoms with E-state index in [0.29, 0.717) is 12.1 Å². The number of hydrogen-bond donors (Lipinski definition) is 1. The van der Waals surface area contributed by atoms with Crippen LogP contribution < -0.4 is 5.46 Å². The predicted octanol–water partition coefficient (Wildman–Crippen LogP) is 0.433. The van der Waals surface area contributed by atoms with E-state index < -0.39 is 0 Å². The van der Waals surface area contributed by atoms with Crippen molar-refractivity contribution in [2.24, 2.45) is 0 Å². The second kappa shape index (κ2) is 4.47. The van der Waals surface area contributed by atoms with E-state index in [1.807, 2.05) is 0 Å². The lowest BCUT2D eigenvalue weighted by Crippen LogP contribution is -2.44. The van der Waals surface area contributed by atoms with Gasteiger partial charge in [0, 0.05) is 18.6 Å². The lowest BCUT2D eigenvalue weighted by atomic mass is 9.94. The molecule has 2 atom stereocenters. The van der Waals surface area contributed by atoms with Crippen molar-refractivity contribution >= 4 is 13.3 Å². The second-order valence-corrected chi connectivity index (χ2v) is 5.67. The Morgan fingerprint density at radius 1 is 1.12 bits per heavy atom. The first-order chi connectivity index (χ1) is 8.22. The van der Waals surface area contributed by atoms with Gasteiger partial charge in [0.25, 0.3) is 0 Å². The minimum Gasteiger partial charge on any atom is -0.393 e.